The van der Waals surface area contributed by atoms with Crippen molar-refractivity contribution in [3.05, 3.63) is 71.1 Å². The Hall–Kier alpha value is -1.16. The van der Waals surface area contributed by atoms with Crippen LogP contribution in [0.25, 0.3) is 0 Å². The van der Waals surface area contributed by atoms with Gasteiger partial charge in [-0.15, -0.1) is 11.8 Å². The van der Waals surface area contributed by atoms with E-state index in [1.165, 1.54) is 32.1 Å². The summed E-state index contributed by atoms with van der Waals surface area (Å²) < 4.78 is 0. The molecule has 4 heteroatoms. The van der Waals surface area contributed by atoms with Crippen LogP contribution in [0.1, 0.15) is 32.1 Å². The van der Waals surface area contributed by atoms with Crippen molar-refractivity contribution in [1.29, 1.82) is 0 Å². The van der Waals surface area contributed by atoms with Crippen molar-refractivity contribution in [3.8, 4) is 0 Å². The number of hydrogen-bond acceptors (Lipinski definition) is 3. The molecule has 0 radical (unpaired) electrons. The summed E-state index contributed by atoms with van der Waals surface area (Å²) in [6, 6.07) is 18.1. The molecule has 1 saturated carbocycles. The summed E-state index contributed by atoms with van der Waals surface area (Å²) in [5.41, 5.74) is 1.01. The highest BCUT2D eigenvalue weighted by Crippen LogP contribution is 2.29. The van der Waals surface area contributed by atoms with Gasteiger partial charge in [-0.2, -0.15) is 0 Å². The summed E-state index contributed by atoms with van der Waals surface area (Å²) in [6.07, 6.45) is 9.04. The first-order valence-corrected chi connectivity index (χ1v) is 11.4. The van der Waals surface area contributed by atoms with Crippen LogP contribution in [0.4, 0.5) is 5.69 Å². The van der Waals surface area contributed by atoms with E-state index < -0.39 is 0 Å². The number of halogens is 1. The Labute approximate surface area is 170 Å². The van der Waals surface area contributed by atoms with Gasteiger partial charge in [0.05, 0.1) is 10.7 Å². The maximum Gasteiger partial charge on any atom is 0.0972 e. The summed E-state index contributed by atoms with van der Waals surface area (Å²) in [7, 11) is 0. The molecule has 1 aliphatic carbocycles. The average molecular weight is 402 g/mol. The SMILES string of the molecule is Clc1cccc(S/C=C/C(=Nc2ccccc2)SCC2CCCCC2)c1. The Balaban J connectivity index is 1.65. The highest BCUT2D eigenvalue weighted by molar-refractivity contribution is 8.14. The molecule has 0 aliphatic heterocycles. The van der Waals surface area contributed by atoms with Crippen molar-refractivity contribution in [1.82, 2.24) is 0 Å². The lowest BCUT2D eigenvalue weighted by Gasteiger charge is -2.20. The van der Waals surface area contributed by atoms with Crippen LogP contribution in [0.3, 0.4) is 0 Å². The first kappa shape index (κ1) is 19.6. The smallest absolute Gasteiger partial charge is 0.0972 e. The van der Waals surface area contributed by atoms with Crippen molar-refractivity contribution in [3.63, 3.8) is 0 Å². The Kier molecular flexibility index (Phi) is 8.19. The fraction of sp³-hybridized carbons (Fsp3) is 0.318. The predicted octanol–water partition coefficient (Wildman–Crippen LogP) is 7.99. The fourth-order valence-electron chi connectivity index (χ4n) is 3.02. The summed E-state index contributed by atoms with van der Waals surface area (Å²) >= 11 is 9.62. The van der Waals surface area contributed by atoms with E-state index in [0.29, 0.717) is 0 Å². The van der Waals surface area contributed by atoms with Crippen LogP contribution >= 0.6 is 35.1 Å². The molecule has 0 spiro atoms. The second-order valence-corrected chi connectivity index (χ2v) is 8.93. The third kappa shape index (κ3) is 6.86. The molecule has 0 heterocycles. The van der Waals surface area contributed by atoms with E-state index in [-0.39, 0.29) is 0 Å². The Morgan fingerprint density at radius 3 is 2.62 bits per heavy atom. The van der Waals surface area contributed by atoms with Crippen LogP contribution in [-0.2, 0) is 0 Å². The summed E-state index contributed by atoms with van der Waals surface area (Å²) in [5, 5.41) is 3.96. The topological polar surface area (TPSA) is 12.4 Å². The number of nitrogens with zero attached hydrogens (tertiary/aromatic N) is 1. The van der Waals surface area contributed by atoms with Crippen LogP contribution in [0, 0.1) is 5.92 Å². The van der Waals surface area contributed by atoms with Gasteiger partial charge in [0.2, 0.25) is 0 Å². The van der Waals surface area contributed by atoms with Gasteiger partial charge in [-0.25, -0.2) is 4.99 Å². The van der Waals surface area contributed by atoms with Crippen molar-refractivity contribution in [2.24, 2.45) is 10.9 Å². The van der Waals surface area contributed by atoms with Gasteiger partial charge in [-0.3, -0.25) is 0 Å². The van der Waals surface area contributed by atoms with E-state index in [9.17, 15) is 0 Å². The van der Waals surface area contributed by atoms with Crippen LogP contribution in [0.5, 0.6) is 0 Å². The molecule has 3 rings (SSSR count). The van der Waals surface area contributed by atoms with E-state index in [4.69, 9.17) is 16.6 Å². The zero-order valence-corrected chi connectivity index (χ0v) is 17.2. The Bertz CT molecular complexity index is 737. The quantitative estimate of drug-likeness (QED) is 0.276. The van der Waals surface area contributed by atoms with Crippen molar-refractivity contribution < 1.29 is 0 Å². The minimum absolute atomic E-state index is 0.772. The normalized spacial score (nSPS) is 16.3. The van der Waals surface area contributed by atoms with E-state index >= 15 is 0 Å². The van der Waals surface area contributed by atoms with Gasteiger partial charge in [-0.05, 0) is 60.6 Å². The molecule has 2 aromatic carbocycles. The predicted molar refractivity (Wildman–Crippen MR) is 119 cm³/mol. The minimum atomic E-state index is 0.772. The molecular formula is C22H24ClNS2. The van der Waals surface area contributed by atoms with E-state index in [1.807, 2.05) is 48.2 Å². The lowest BCUT2D eigenvalue weighted by Crippen LogP contribution is -2.09. The summed E-state index contributed by atoms with van der Waals surface area (Å²) in [5.74, 6) is 2.00. The van der Waals surface area contributed by atoms with Gasteiger partial charge in [0.15, 0.2) is 0 Å². The van der Waals surface area contributed by atoms with Gasteiger partial charge in [0.1, 0.15) is 0 Å². The number of benzene rings is 2. The van der Waals surface area contributed by atoms with Crippen LogP contribution in [0.2, 0.25) is 5.02 Å². The standard InChI is InChI=1S/C22H24ClNS2/c23-19-10-7-13-21(16-19)25-15-14-22(24-20-11-5-2-6-12-20)26-17-18-8-3-1-4-9-18/h2,5-7,10-16,18H,1,3-4,8-9,17H2/b15-14+,24-22?. The molecule has 0 bridgehead atoms. The van der Waals surface area contributed by atoms with Gasteiger partial charge < -0.3 is 0 Å². The molecule has 1 nitrogen and oxygen atoms in total. The second kappa shape index (κ2) is 10.9. The first-order chi connectivity index (χ1) is 12.8. The number of rotatable bonds is 6. The highest BCUT2D eigenvalue weighted by atomic mass is 35.5. The van der Waals surface area contributed by atoms with Crippen molar-refractivity contribution in [2.45, 2.75) is 37.0 Å². The molecule has 0 saturated heterocycles. The lowest BCUT2D eigenvalue weighted by molar-refractivity contribution is 0.391. The average Bonchev–Trinajstić information content (AvgIpc) is 2.68. The van der Waals surface area contributed by atoms with Gasteiger partial charge >= 0.3 is 0 Å². The van der Waals surface area contributed by atoms with Crippen LogP contribution < -0.4 is 0 Å². The van der Waals surface area contributed by atoms with Gasteiger partial charge in [-0.1, -0.05) is 66.9 Å². The van der Waals surface area contributed by atoms with E-state index in [2.05, 4.69) is 29.7 Å². The molecular weight excluding hydrogens is 378 g/mol. The molecule has 0 amide bonds. The van der Waals surface area contributed by atoms with E-state index in [1.54, 1.807) is 11.8 Å². The number of aliphatic imine (C=N–C) groups is 1. The van der Waals surface area contributed by atoms with Gasteiger partial charge in [0.25, 0.3) is 0 Å². The van der Waals surface area contributed by atoms with Crippen LogP contribution in [-0.4, -0.2) is 10.8 Å². The number of para-hydroxylation sites is 1. The molecule has 2 aromatic rings. The van der Waals surface area contributed by atoms with Crippen molar-refractivity contribution in [2.75, 3.05) is 5.75 Å². The fourth-order valence-corrected chi connectivity index (χ4v) is 5.14. The Morgan fingerprint density at radius 1 is 1.04 bits per heavy atom. The molecule has 136 valence electrons. The molecule has 1 aliphatic rings. The molecule has 0 aromatic heterocycles. The molecule has 1 fully saturated rings. The maximum absolute atomic E-state index is 6.06. The summed E-state index contributed by atoms with van der Waals surface area (Å²) in [6.45, 7) is 0. The number of hydrogen-bond donors (Lipinski definition) is 0. The Morgan fingerprint density at radius 2 is 1.85 bits per heavy atom. The molecule has 0 N–H and O–H groups in total. The zero-order chi connectivity index (χ0) is 18.0. The van der Waals surface area contributed by atoms with E-state index in [0.717, 1.165) is 32.3 Å². The number of thioether (sulfide) groups is 2. The zero-order valence-electron chi connectivity index (χ0n) is 14.8. The minimum Gasteiger partial charge on any atom is -0.242 e. The van der Waals surface area contributed by atoms with Crippen LogP contribution in [0.15, 0.2) is 76.0 Å². The lowest BCUT2D eigenvalue weighted by atomic mass is 9.91. The highest BCUT2D eigenvalue weighted by Gasteiger charge is 2.14. The molecule has 0 atom stereocenters. The molecule has 26 heavy (non-hydrogen) atoms. The first-order valence-electron chi connectivity index (χ1n) is 9.15. The van der Waals surface area contributed by atoms with Crippen molar-refractivity contribution >= 4 is 45.9 Å². The summed E-state index contributed by atoms with van der Waals surface area (Å²) in [4.78, 5) is 5.99. The van der Waals surface area contributed by atoms with Gasteiger partial charge in [0, 0.05) is 15.7 Å². The molecule has 0 unspecified atom stereocenters. The second-order valence-electron chi connectivity index (χ2n) is 6.48. The largest absolute Gasteiger partial charge is 0.242 e. The third-order valence-corrected chi connectivity index (χ3v) is 6.59. The monoisotopic (exact) mass is 401 g/mol. The maximum atomic E-state index is 6.06. The third-order valence-electron chi connectivity index (χ3n) is 4.40.